The van der Waals surface area contributed by atoms with Crippen LogP contribution in [0.5, 0.6) is 0 Å². The Morgan fingerprint density at radius 2 is 2.09 bits per heavy atom. The fraction of sp³-hybridized carbons (Fsp3) is 0.688. The van der Waals surface area contributed by atoms with E-state index in [1.54, 1.807) is 11.1 Å². The van der Waals surface area contributed by atoms with Crippen molar-refractivity contribution in [3.63, 3.8) is 0 Å². The summed E-state index contributed by atoms with van der Waals surface area (Å²) in [6, 6.07) is 2.57. The van der Waals surface area contributed by atoms with Crippen LogP contribution in [0.1, 0.15) is 32.1 Å². The van der Waals surface area contributed by atoms with Crippen LogP contribution in [-0.2, 0) is 4.79 Å². The van der Waals surface area contributed by atoms with E-state index >= 15 is 0 Å². The minimum absolute atomic E-state index is 0.0474. The molecular weight excluding hydrogens is 292 g/mol. The molecule has 2 heterocycles. The molecule has 1 amide bonds. The molecule has 126 valence electrons. The lowest BCUT2D eigenvalue weighted by Crippen LogP contribution is -2.33. The van der Waals surface area contributed by atoms with E-state index in [9.17, 15) is 4.79 Å². The molecule has 1 unspecified atom stereocenters. The number of anilines is 2. The van der Waals surface area contributed by atoms with Crippen LogP contribution in [0.4, 0.5) is 11.8 Å². The maximum absolute atomic E-state index is 11.9. The summed E-state index contributed by atoms with van der Waals surface area (Å²) in [6.45, 7) is 1.46. The van der Waals surface area contributed by atoms with Gasteiger partial charge in [-0.2, -0.15) is 4.98 Å². The Balaban J connectivity index is 1.52. The van der Waals surface area contributed by atoms with Gasteiger partial charge in [0.15, 0.2) is 0 Å². The third-order valence-electron chi connectivity index (χ3n) is 4.83. The molecule has 0 radical (unpaired) electrons. The molecule has 2 aliphatic rings. The van der Waals surface area contributed by atoms with Gasteiger partial charge in [-0.05, 0) is 38.2 Å². The molecule has 7 nitrogen and oxygen atoms in total. The van der Waals surface area contributed by atoms with Gasteiger partial charge in [0, 0.05) is 38.4 Å². The number of likely N-dealkylation sites (tertiary alicyclic amines) is 1. The Hall–Kier alpha value is -1.89. The number of rotatable bonds is 5. The Kier molecular flexibility index (Phi) is 4.95. The predicted octanol–water partition coefficient (Wildman–Crippen LogP) is 1.05. The monoisotopic (exact) mass is 318 g/mol. The van der Waals surface area contributed by atoms with Crippen molar-refractivity contribution in [3.05, 3.63) is 12.3 Å². The molecule has 23 heavy (non-hydrogen) atoms. The molecule has 7 heteroatoms. The van der Waals surface area contributed by atoms with E-state index in [0.717, 1.165) is 44.5 Å². The lowest BCUT2D eigenvalue weighted by atomic mass is 9.92. The van der Waals surface area contributed by atoms with E-state index in [1.807, 2.05) is 13.1 Å². The van der Waals surface area contributed by atoms with Crippen molar-refractivity contribution in [2.75, 3.05) is 30.8 Å². The highest BCUT2D eigenvalue weighted by Gasteiger charge is 2.28. The highest BCUT2D eigenvalue weighted by atomic mass is 16.2. The molecule has 1 aliphatic carbocycles. The van der Waals surface area contributed by atoms with Gasteiger partial charge in [-0.3, -0.25) is 4.79 Å². The molecule has 4 N–H and O–H groups in total. The van der Waals surface area contributed by atoms with E-state index in [0.29, 0.717) is 24.6 Å². The van der Waals surface area contributed by atoms with Crippen LogP contribution in [0.25, 0.3) is 0 Å². The fourth-order valence-corrected chi connectivity index (χ4v) is 3.28. The van der Waals surface area contributed by atoms with Crippen LogP contribution >= 0.6 is 0 Å². The van der Waals surface area contributed by atoms with Crippen LogP contribution in [0.15, 0.2) is 12.3 Å². The first-order valence-corrected chi connectivity index (χ1v) is 8.46. The maximum atomic E-state index is 11.9. The minimum atomic E-state index is 0.0474. The first-order valence-electron chi connectivity index (χ1n) is 8.46. The van der Waals surface area contributed by atoms with Gasteiger partial charge in [0.1, 0.15) is 5.82 Å². The molecule has 3 rings (SSSR count). The van der Waals surface area contributed by atoms with Crippen molar-refractivity contribution in [1.82, 2.24) is 14.9 Å². The van der Waals surface area contributed by atoms with E-state index in [-0.39, 0.29) is 11.8 Å². The molecule has 2 fully saturated rings. The first kappa shape index (κ1) is 16.0. The summed E-state index contributed by atoms with van der Waals surface area (Å²) in [5.41, 5.74) is 5.93. The summed E-state index contributed by atoms with van der Waals surface area (Å²) in [5.74, 6) is 1.66. The Bertz CT molecular complexity index is 543. The van der Waals surface area contributed by atoms with Gasteiger partial charge in [-0.15, -0.1) is 0 Å². The van der Waals surface area contributed by atoms with Gasteiger partial charge in [-0.25, -0.2) is 4.98 Å². The third-order valence-corrected chi connectivity index (χ3v) is 4.83. The molecular formula is C16H26N6O. The van der Waals surface area contributed by atoms with Gasteiger partial charge in [0.05, 0.1) is 5.92 Å². The SMILES string of the molecule is CN1CCC(CNc2ccnc(NC3CCC(N)CC3)n2)C1=O. The number of carbonyl (C=O) groups excluding carboxylic acids is 1. The molecule has 1 aromatic rings. The Morgan fingerprint density at radius 1 is 1.30 bits per heavy atom. The number of nitrogens with two attached hydrogens (primary N) is 1. The van der Waals surface area contributed by atoms with E-state index in [2.05, 4.69) is 20.6 Å². The van der Waals surface area contributed by atoms with E-state index in [1.165, 1.54) is 0 Å². The highest BCUT2D eigenvalue weighted by Crippen LogP contribution is 2.21. The van der Waals surface area contributed by atoms with Crippen molar-refractivity contribution < 1.29 is 4.79 Å². The fourth-order valence-electron chi connectivity index (χ4n) is 3.28. The number of hydrogen-bond acceptors (Lipinski definition) is 6. The molecule has 0 spiro atoms. The molecule has 1 aliphatic heterocycles. The summed E-state index contributed by atoms with van der Waals surface area (Å²) in [7, 11) is 1.85. The van der Waals surface area contributed by atoms with Gasteiger partial charge in [0.25, 0.3) is 0 Å². The second-order valence-electron chi connectivity index (χ2n) is 6.65. The van der Waals surface area contributed by atoms with Crippen LogP contribution < -0.4 is 16.4 Å². The van der Waals surface area contributed by atoms with Gasteiger partial charge >= 0.3 is 0 Å². The smallest absolute Gasteiger partial charge is 0.227 e. The zero-order chi connectivity index (χ0) is 16.2. The summed E-state index contributed by atoms with van der Waals surface area (Å²) < 4.78 is 0. The van der Waals surface area contributed by atoms with Crippen molar-refractivity contribution in [2.45, 2.75) is 44.2 Å². The normalized spacial score (nSPS) is 28.0. The number of hydrogen-bond donors (Lipinski definition) is 3. The summed E-state index contributed by atoms with van der Waals surface area (Å²) in [4.78, 5) is 22.5. The second kappa shape index (κ2) is 7.12. The molecule has 0 bridgehead atoms. The number of carbonyl (C=O) groups is 1. The van der Waals surface area contributed by atoms with Crippen LogP contribution in [-0.4, -0.2) is 53.0 Å². The number of nitrogens with one attached hydrogen (secondary N) is 2. The Morgan fingerprint density at radius 3 is 2.78 bits per heavy atom. The average Bonchev–Trinajstić information content (AvgIpc) is 2.87. The first-order chi connectivity index (χ1) is 11.1. The Labute approximate surface area is 137 Å². The molecule has 1 saturated heterocycles. The molecule has 1 atom stereocenters. The zero-order valence-electron chi connectivity index (χ0n) is 13.7. The summed E-state index contributed by atoms with van der Waals surface area (Å²) in [6.07, 6.45) is 6.87. The minimum Gasteiger partial charge on any atom is -0.369 e. The van der Waals surface area contributed by atoms with Crippen molar-refractivity contribution in [2.24, 2.45) is 11.7 Å². The largest absolute Gasteiger partial charge is 0.369 e. The number of amides is 1. The predicted molar refractivity (Wildman–Crippen MR) is 90.1 cm³/mol. The maximum Gasteiger partial charge on any atom is 0.227 e. The van der Waals surface area contributed by atoms with Crippen LogP contribution in [0, 0.1) is 5.92 Å². The topological polar surface area (TPSA) is 96.2 Å². The van der Waals surface area contributed by atoms with Gasteiger partial charge in [-0.1, -0.05) is 0 Å². The third kappa shape index (κ3) is 4.10. The highest BCUT2D eigenvalue weighted by molar-refractivity contribution is 5.81. The van der Waals surface area contributed by atoms with Crippen molar-refractivity contribution in [3.8, 4) is 0 Å². The summed E-state index contributed by atoms with van der Waals surface area (Å²) >= 11 is 0. The number of nitrogens with zero attached hydrogens (tertiary/aromatic N) is 3. The number of aromatic nitrogens is 2. The van der Waals surface area contributed by atoms with Crippen molar-refractivity contribution >= 4 is 17.7 Å². The lowest BCUT2D eigenvalue weighted by molar-refractivity contribution is -0.129. The van der Waals surface area contributed by atoms with Crippen molar-refractivity contribution in [1.29, 1.82) is 0 Å². The quantitative estimate of drug-likeness (QED) is 0.751. The zero-order valence-corrected chi connectivity index (χ0v) is 13.7. The van der Waals surface area contributed by atoms with Gasteiger partial charge < -0.3 is 21.3 Å². The van der Waals surface area contributed by atoms with E-state index < -0.39 is 0 Å². The van der Waals surface area contributed by atoms with E-state index in [4.69, 9.17) is 5.73 Å². The van der Waals surface area contributed by atoms with Crippen LogP contribution in [0.3, 0.4) is 0 Å². The molecule has 0 aromatic carbocycles. The van der Waals surface area contributed by atoms with Crippen LogP contribution in [0.2, 0.25) is 0 Å². The average molecular weight is 318 g/mol. The molecule has 1 saturated carbocycles. The summed E-state index contributed by atoms with van der Waals surface area (Å²) in [5, 5.41) is 6.66. The lowest BCUT2D eigenvalue weighted by Gasteiger charge is -2.26. The van der Waals surface area contributed by atoms with Gasteiger partial charge in [0.2, 0.25) is 11.9 Å². The molecule has 1 aromatic heterocycles. The second-order valence-corrected chi connectivity index (χ2v) is 6.65. The standard InChI is InChI=1S/C16H26N6O/c1-22-9-7-11(15(22)23)10-19-14-6-8-18-16(21-14)20-13-4-2-12(17)3-5-13/h6,8,11-13H,2-5,7,9-10,17H2,1H3,(H2,18,19,20,21).